The molecule has 0 aliphatic carbocycles. The number of anilines is 2. The van der Waals surface area contributed by atoms with Crippen LogP contribution in [0.3, 0.4) is 0 Å². The molecule has 2 heterocycles. The summed E-state index contributed by atoms with van der Waals surface area (Å²) in [6, 6.07) is 1.67. The van der Waals surface area contributed by atoms with Gasteiger partial charge in [0.1, 0.15) is 18.3 Å². The predicted octanol–water partition coefficient (Wildman–Crippen LogP) is 0.644. The molecular weight excluding hydrogens is 246 g/mol. The first-order valence-electron chi connectivity index (χ1n) is 6.14. The van der Waals surface area contributed by atoms with Crippen molar-refractivity contribution in [1.29, 1.82) is 0 Å². The van der Waals surface area contributed by atoms with Gasteiger partial charge >= 0.3 is 0 Å². The molecule has 2 aromatic heterocycles. The van der Waals surface area contributed by atoms with Crippen molar-refractivity contribution in [3.63, 3.8) is 0 Å². The van der Waals surface area contributed by atoms with Crippen molar-refractivity contribution < 1.29 is 4.84 Å². The first-order chi connectivity index (χ1) is 9.17. The molecule has 7 heteroatoms. The SMILES string of the molecule is CCCCNc1nc(N)nc2ccn(OC)c(=O)c12. The number of hydrogen-bond donors (Lipinski definition) is 2. The molecule has 0 amide bonds. The summed E-state index contributed by atoms with van der Waals surface area (Å²) in [5.74, 6) is 0.591. The highest BCUT2D eigenvalue weighted by Gasteiger charge is 2.12. The zero-order chi connectivity index (χ0) is 13.8. The molecule has 3 N–H and O–H groups in total. The Morgan fingerprint density at radius 1 is 1.47 bits per heavy atom. The number of pyridine rings is 1. The molecular formula is C12H17N5O2. The van der Waals surface area contributed by atoms with E-state index in [2.05, 4.69) is 22.2 Å². The van der Waals surface area contributed by atoms with Crippen LogP contribution in [-0.4, -0.2) is 28.4 Å². The van der Waals surface area contributed by atoms with Crippen LogP contribution in [-0.2, 0) is 0 Å². The molecule has 0 aliphatic rings. The van der Waals surface area contributed by atoms with Crippen molar-refractivity contribution in [2.45, 2.75) is 19.8 Å². The lowest BCUT2D eigenvalue weighted by molar-refractivity contribution is 0.158. The number of hydrogen-bond acceptors (Lipinski definition) is 6. The van der Waals surface area contributed by atoms with E-state index < -0.39 is 0 Å². The van der Waals surface area contributed by atoms with Gasteiger partial charge in [-0.1, -0.05) is 13.3 Å². The number of aromatic nitrogens is 3. The highest BCUT2D eigenvalue weighted by atomic mass is 16.6. The summed E-state index contributed by atoms with van der Waals surface area (Å²) in [6.07, 6.45) is 3.54. The van der Waals surface area contributed by atoms with Gasteiger partial charge in [-0.2, -0.15) is 9.71 Å². The second kappa shape index (κ2) is 5.55. The minimum absolute atomic E-state index is 0.140. The lowest BCUT2D eigenvalue weighted by Gasteiger charge is -2.10. The second-order valence-corrected chi connectivity index (χ2v) is 4.10. The fraction of sp³-hybridized carbons (Fsp3) is 0.417. The monoisotopic (exact) mass is 263 g/mol. The van der Waals surface area contributed by atoms with Crippen LogP contribution in [0.4, 0.5) is 11.8 Å². The minimum Gasteiger partial charge on any atom is -0.414 e. The number of nitrogens with one attached hydrogen (secondary N) is 1. The van der Waals surface area contributed by atoms with Crippen LogP contribution in [0.1, 0.15) is 19.8 Å². The van der Waals surface area contributed by atoms with Crippen LogP contribution in [0, 0.1) is 0 Å². The minimum atomic E-state index is -0.306. The van der Waals surface area contributed by atoms with E-state index in [9.17, 15) is 4.79 Å². The molecule has 2 rings (SSSR count). The van der Waals surface area contributed by atoms with Crippen LogP contribution < -0.4 is 21.4 Å². The molecule has 0 radical (unpaired) electrons. The van der Waals surface area contributed by atoms with Crippen LogP contribution >= 0.6 is 0 Å². The maximum Gasteiger partial charge on any atom is 0.296 e. The van der Waals surface area contributed by atoms with Gasteiger partial charge in [0.25, 0.3) is 5.56 Å². The molecule has 0 aromatic carbocycles. The van der Waals surface area contributed by atoms with Gasteiger partial charge in [-0.05, 0) is 12.5 Å². The number of nitrogens with zero attached hydrogens (tertiary/aromatic N) is 3. The van der Waals surface area contributed by atoms with E-state index >= 15 is 0 Å². The Labute approximate surface area is 110 Å². The van der Waals surface area contributed by atoms with Crippen LogP contribution in [0.25, 0.3) is 10.9 Å². The topological polar surface area (TPSA) is 95.1 Å². The second-order valence-electron chi connectivity index (χ2n) is 4.10. The van der Waals surface area contributed by atoms with E-state index in [4.69, 9.17) is 10.6 Å². The summed E-state index contributed by atoms with van der Waals surface area (Å²) < 4.78 is 1.13. The molecule has 102 valence electrons. The number of nitrogen functional groups attached to an aromatic ring is 1. The van der Waals surface area contributed by atoms with E-state index in [0.717, 1.165) is 24.1 Å². The van der Waals surface area contributed by atoms with Gasteiger partial charge in [0, 0.05) is 6.54 Å². The number of rotatable bonds is 5. The fourth-order valence-corrected chi connectivity index (χ4v) is 1.80. The highest BCUT2D eigenvalue weighted by molar-refractivity contribution is 5.88. The lowest BCUT2D eigenvalue weighted by Crippen LogP contribution is -2.25. The summed E-state index contributed by atoms with van der Waals surface area (Å²) in [7, 11) is 1.43. The van der Waals surface area contributed by atoms with Gasteiger partial charge in [0.15, 0.2) is 0 Å². The molecule has 2 aromatic rings. The Morgan fingerprint density at radius 3 is 2.95 bits per heavy atom. The summed E-state index contributed by atoms with van der Waals surface area (Å²) >= 11 is 0. The van der Waals surface area contributed by atoms with E-state index in [1.807, 2.05) is 0 Å². The molecule has 0 saturated heterocycles. The van der Waals surface area contributed by atoms with Gasteiger partial charge in [-0.15, -0.1) is 0 Å². The fourth-order valence-electron chi connectivity index (χ4n) is 1.80. The number of nitrogens with two attached hydrogens (primary N) is 1. The quantitative estimate of drug-likeness (QED) is 0.769. The predicted molar refractivity (Wildman–Crippen MR) is 74.1 cm³/mol. The standard InChI is InChI=1S/C12H17N5O2/c1-3-4-6-14-10-9-8(15-12(13)16-10)5-7-17(19-2)11(9)18/h5,7H,3-4,6H2,1-2H3,(H3,13,14,15,16). The average Bonchev–Trinajstić information content (AvgIpc) is 2.39. The van der Waals surface area contributed by atoms with E-state index in [1.165, 1.54) is 13.3 Å². The third-order valence-corrected chi connectivity index (χ3v) is 2.76. The van der Waals surface area contributed by atoms with E-state index in [0.29, 0.717) is 16.7 Å². The highest BCUT2D eigenvalue weighted by Crippen LogP contribution is 2.17. The van der Waals surface area contributed by atoms with E-state index in [-0.39, 0.29) is 11.5 Å². The third kappa shape index (κ3) is 2.59. The van der Waals surface area contributed by atoms with Gasteiger partial charge in [-0.25, -0.2) is 4.98 Å². The summed E-state index contributed by atoms with van der Waals surface area (Å²) in [5, 5.41) is 3.51. The zero-order valence-corrected chi connectivity index (χ0v) is 11.0. The number of fused-ring (bicyclic) bond motifs is 1. The molecule has 0 atom stereocenters. The van der Waals surface area contributed by atoms with Crippen molar-refractivity contribution in [3.8, 4) is 0 Å². The molecule has 0 fully saturated rings. The van der Waals surface area contributed by atoms with Gasteiger partial charge in [-0.3, -0.25) is 4.79 Å². The van der Waals surface area contributed by atoms with E-state index in [1.54, 1.807) is 6.07 Å². The zero-order valence-electron chi connectivity index (χ0n) is 11.0. The molecule has 0 unspecified atom stereocenters. The maximum absolute atomic E-state index is 12.2. The van der Waals surface area contributed by atoms with Gasteiger partial charge in [0.2, 0.25) is 5.95 Å². The van der Waals surface area contributed by atoms with Crippen LogP contribution in [0.15, 0.2) is 17.1 Å². The Bertz CT molecular complexity index is 638. The van der Waals surface area contributed by atoms with Gasteiger partial charge in [0.05, 0.1) is 11.7 Å². The Morgan fingerprint density at radius 2 is 2.26 bits per heavy atom. The third-order valence-electron chi connectivity index (χ3n) is 2.76. The molecule has 7 nitrogen and oxygen atoms in total. The Hall–Kier alpha value is -2.31. The first kappa shape index (κ1) is 13.1. The van der Waals surface area contributed by atoms with Crippen molar-refractivity contribution in [1.82, 2.24) is 14.7 Å². The molecule has 0 bridgehead atoms. The van der Waals surface area contributed by atoms with Crippen LogP contribution in [0.2, 0.25) is 0 Å². The number of unbranched alkanes of at least 4 members (excludes halogenated alkanes) is 1. The van der Waals surface area contributed by atoms with Gasteiger partial charge < -0.3 is 15.9 Å². The van der Waals surface area contributed by atoms with Crippen molar-refractivity contribution in [2.75, 3.05) is 24.7 Å². The Kier molecular flexibility index (Phi) is 3.84. The normalized spacial score (nSPS) is 10.6. The Balaban J connectivity index is 2.56. The van der Waals surface area contributed by atoms with Crippen LogP contribution in [0.5, 0.6) is 0 Å². The summed E-state index contributed by atoms with van der Waals surface area (Å²) in [6.45, 7) is 2.81. The molecule has 19 heavy (non-hydrogen) atoms. The largest absolute Gasteiger partial charge is 0.414 e. The smallest absolute Gasteiger partial charge is 0.296 e. The van der Waals surface area contributed by atoms with Crippen molar-refractivity contribution in [2.24, 2.45) is 0 Å². The van der Waals surface area contributed by atoms with Crippen molar-refractivity contribution >= 4 is 22.7 Å². The first-order valence-corrected chi connectivity index (χ1v) is 6.14. The van der Waals surface area contributed by atoms with Crippen molar-refractivity contribution in [3.05, 3.63) is 22.6 Å². The molecule has 0 saturated carbocycles. The summed E-state index contributed by atoms with van der Waals surface area (Å²) in [4.78, 5) is 25.3. The lowest BCUT2D eigenvalue weighted by atomic mass is 10.2. The molecule has 0 spiro atoms. The summed E-state index contributed by atoms with van der Waals surface area (Å²) in [5.41, 5.74) is 5.85. The average molecular weight is 263 g/mol. The molecule has 0 aliphatic heterocycles. The maximum atomic E-state index is 12.2.